The van der Waals surface area contributed by atoms with Gasteiger partial charge in [-0.2, -0.15) is 0 Å². The molecule has 0 radical (unpaired) electrons. The Hall–Kier alpha value is -1.87. The molecule has 156 valence electrons. The van der Waals surface area contributed by atoms with E-state index in [1.54, 1.807) is 30.5 Å². The molecule has 1 saturated heterocycles. The number of amides is 1. The van der Waals surface area contributed by atoms with Crippen LogP contribution in [0.5, 0.6) is 0 Å². The van der Waals surface area contributed by atoms with Crippen LogP contribution in [-0.2, 0) is 10.3 Å². The fourth-order valence-corrected chi connectivity index (χ4v) is 4.56. The van der Waals surface area contributed by atoms with Crippen molar-refractivity contribution < 1.29 is 13.9 Å². The molecule has 1 fully saturated rings. The second kappa shape index (κ2) is 9.75. The van der Waals surface area contributed by atoms with Gasteiger partial charge in [0.15, 0.2) is 5.17 Å². The summed E-state index contributed by atoms with van der Waals surface area (Å²) in [6, 6.07) is 9.65. The summed E-state index contributed by atoms with van der Waals surface area (Å²) in [5, 5.41) is 3.24. The first-order valence-corrected chi connectivity index (χ1v) is 9.65. The number of thioether (sulfide) groups is 1. The predicted molar refractivity (Wildman–Crippen MR) is 118 cm³/mol. The number of pyridine rings is 1. The summed E-state index contributed by atoms with van der Waals surface area (Å²) in [5.74, 6) is 0.0385. The number of benzene rings is 1. The first kappa shape index (κ1) is 23.4. The lowest BCUT2D eigenvalue weighted by Gasteiger charge is -2.44. The molecule has 2 aliphatic heterocycles. The minimum Gasteiger partial charge on any atom is -0.381 e. The molecular weight excluding hydrogens is 438 g/mol. The molecule has 0 bridgehead atoms. The van der Waals surface area contributed by atoms with Crippen LogP contribution in [0.25, 0.3) is 0 Å². The van der Waals surface area contributed by atoms with E-state index in [0.717, 1.165) is 5.75 Å². The van der Waals surface area contributed by atoms with Gasteiger partial charge in [-0.3, -0.25) is 14.8 Å². The van der Waals surface area contributed by atoms with Crippen molar-refractivity contribution >= 4 is 53.3 Å². The van der Waals surface area contributed by atoms with Crippen molar-refractivity contribution in [1.82, 2.24) is 4.98 Å². The smallest absolute Gasteiger partial charge is 0.274 e. The van der Waals surface area contributed by atoms with Gasteiger partial charge in [0.05, 0.1) is 12.1 Å². The van der Waals surface area contributed by atoms with Crippen molar-refractivity contribution in [3.05, 3.63) is 59.7 Å². The molecule has 0 aliphatic carbocycles. The molecule has 6 nitrogen and oxygen atoms in total. The van der Waals surface area contributed by atoms with Crippen LogP contribution in [0.4, 0.5) is 10.1 Å². The number of rotatable bonds is 3. The fraction of sp³-hybridized carbons (Fsp3) is 0.316. The third kappa shape index (κ3) is 4.66. The molecule has 3 heterocycles. The molecule has 0 unspecified atom stereocenters. The zero-order chi connectivity index (χ0) is 18.9. The highest BCUT2D eigenvalue weighted by atomic mass is 35.5. The number of anilines is 1. The normalized spacial score (nSPS) is 22.9. The summed E-state index contributed by atoms with van der Waals surface area (Å²) in [4.78, 5) is 21.1. The van der Waals surface area contributed by atoms with E-state index in [1.807, 2.05) is 0 Å². The number of halogens is 3. The Balaban J connectivity index is 0.00000150. The molecule has 2 aliphatic rings. The summed E-state index contributed by atoms with van der Waals surface area (Å²) in [5.41, 5.74) is 6.45. The molecule has 1 aromatic heterocycles. The van der Waals surface area contributed by atoms with E-state index in [0.29, 0.717) is 41.7 Å². The Morgan fingerprint density at radius 3 is 2.90 bits per heavy atom. The summed E-state index contributed by atoms with van der Waals surface area (Å²) in [7, 11) is 0. The number of nitrogens with one attached hydrogen (secondary N) is 1. The Kier molecular flexibility index (Phi) is 7.87. The van der Waals surface area contributed by atoms with Crippen LogP contribution in [0.15, 0.2) is 47.6 Å². The van der Waals surface area contributed by atoms with E-state index >= 15 is 0 Å². The molecule has 1 amide bonds. The first-order chi connectivity index (χ1) is 13.1. The number of fused-ring (bicyclic) bond motifs is 1. The zero-order valence-electron chi connectivity index (χ0n) is 15.3. The number of carbonyl (C=O) groups is 1. The predicted octanol–water partition coefficient (Wildman–Crippen LogP) is 3.61. The number of aromatic nitrogens is 1. The average molecular weight is 459 g/mol. The Bertz CT molecular complexity index is 903. The van der Waals surface area contributed by atoms with Crippen molar-refractivity contribution in [2.24, 2.45) is 16.6 Å². The maximum atomic E-state index is 14.8. The standard InChI is InChI=1S/C19H19FN4O2S.2ClH/c20-15-5-4-13(23-17(25)16-3-1-2-7-22-16)9-14(15)19-6-8-26-10-12(19)11-27-18(21)24-19;;/h1-5,7,9,12H,6,8,10-11H2,(H2,21,24)(H,23,25);2*1H/t12-,19-;;/m0../s1. The number of aliphatic imine (C=N–C) groups is 1. The van der Waals surface area contributed by atoms with Crippen molar-refractivity contribution in [3.63, 3.8) is 0 Å². The van der Waals surface area contributed by atoms with E-state index in [2.05, 4.69) is 15.3 Å². The maximum absolute atomic E-state index is 14.8. The molecule has 10 heteroatoms. The summed E-state index contributed by atoms with van der Waals surface area (Å²) < 4.78 is 20.4. The van der Waals surface area contributed by atoms with Crippen LogP contribution in [0.1, 0.15) is 22.5 Å². The molecule has 1 aromatic carbocycles. The van der Waals surface area contributed by atoms with Gasteiger partial charge >= 0.3 is 0 Å². The SMILES string of the molecule is Cl.Cl.NC1=N[C@@]2(c3cc(NC(=O)c4ccccn4)ccc3F)CCOC[C@H]2CS1. The highest BCUT2D eigenvalue weighted by molar-refractivity contribution is 8.13. The van der Waals surface area contributed by atoms with Crippen LogP contribution in [0.2, 0.25) is 0 Å². The second-order valence-corrected chi connectivity index (χ2v) is 7.61. The zero-order valence-corrected chi connectivity index (χ0v) is 17.8. The first-order valence-electron chi connectivity index (χ1n) is 8.67. The number of hydrogen-bond donors (Lipinski definition) is 2. The highest BCUT2D eigenvalue weighted by Crippen LogP contribution is 2.46. The summed E-state index contributed by atoms with van der Waals surface area (Å²) in [6.07, 6.45) is 2.10. The lowest BCUT2D eigenvalue weighted by molar-refractivity contribution is 0.00886. The lowest BCUT2D eigenvalue weighted by Crippen LogP contribution is -2.47. The molecular formula is C19H21Cl2FN4O2S. The maximum Gasteiger partial charge on any atom is 0.274 e. The van der Waals surface area contributed by atoms with Crippen molar-refractivity contribution in [3.8, 4) is 0 Å². The van der Waals surface area contributed by atoms with Gasteiger partial charge in [0.2, 0.25) is 0 Å². The quantitative estimate of drug-likeness (QED) is 0.732. The third-order valence-electron chi connectivity index (χ3n) is 4.95. The number of nitrogens with two attached hydrogens (primary N) is 1. The van der Waals surface area contributed by atoms with Gasteiger partial charge in [-0.05, 0) is 30.3 Å². The number of carbonyl (C=O) groups excluding carboxylic acids is 1. The minimum absolute atomic E-state index is 0. The number of amidine groups is 1. The van der Waals surface area contributed by atoms with Gasteiger partial charge in [0.1, 0.15) is 11.5 Å². The van der Waals surface area contributed by atoms with Crippen molar-refractivity contribution in [2.45, 2.75) is 12.0 Å². The number of nitrogens with zero attached hydrogens (tertiary/aromatic N) is 2. The molecule has 3 N–H and O–H groups in total. The second-order valence-electron chi connectivity index (χ2n) is 6.57. The molecule has 29 heavy (non-hydrogen) atoms. The van der Waals surface area contributed by atoms with Crippen LogP contribution < -0.4 is 11.1 Å². The third-order valence-corrected chi connectivity index (χ3v) is 5.91. The summed E-state index contributed by atoms with van der Waals surface area (Å²) >= 11 is 1.46. The minimum atomic E-state index is -0.761. The van der Waals surface area contributed by atoms with E-state index in [-0.39, 0.29) is 42.5 Å². The average Bonchev–Trinajstić information content (AvgIpc) is 2.69. The highest BCUT2D eigenvalue weighted by Gasteiger charge is 2.47. The van der Waals surface area contributed by atoms with Gasteiger partial charge in [-0.1, -0.05) is 17.8 Å². The van der Waals surface area contributed by atoms with Gasteiger partial charge < -0.3 is 15.8 Å². The molecule has 0 saturated carbocycles. The van der Waals surface area contributed by atoms with Crippen LogP contribution in [0.3, 0.4) is 0 Å². The van der Waals surface area contributed by atoms with Crippen LogP contribution >= 0.6 is 36.6 Å². The molecule has 2 atom stereocenters. The largest absolute Gasteiger partial charge is 0.381 e. The number of ether oxygens (including phenoxy) is 1. The topological polar surface area (TPSA) is 89.6 Å². The van der Waals surface area contributed by atoms with Crippen LogP contribution in [-0.4, -0.2) is 35.0 Å². The van der Waals surface area contributed by atoms with Crippen molar-refractivity contribution in [1.29, 1.82) is 0 Å². The van der Waals surface area contributed by atoms with Gasteiger partial charge in [0, 0.05) is 42.1 Å². The number of hydrogen-bond acceptors (Lipinski definition) is 6. The molecule has 4 rings (SSSR count). The molecule has 0 spiro atoms. The van der Waals surface area contributed by atoms with E-state index < -0.39 is 5.54 Å². The lowest BCUT2D eigenvalue weighted by atomic mass is 9.75. The Morgan fingerprint density at radius 2 is 2.14 bits per heavy atom. The monoisotopic (exact) mass is 458 g/mol. The Morgan fingerprint density at radius 1 is 1.31 bits per heavy atom. The Labute approximate surface area is 184 Å². The fourth-order valence-electron chi connectivity index (χ4n) is 3.59. The van der Waals surface area contributed by atoms with Gasteiger partial charge in [-0.15, -0.1) is 24.8 Å². The van der Waals surface area contributed by atoms with Gasteiger partial charge in [0.25, 0.3) is 5.91 Å². The van der Waals surface area contributed by atoms with E-state index in [9.17, 15) is 9.18 Å². The van der Waals surface area contributed by atoms with Crippen molar-refractivity contribution in [2.75, 3.05) is 24.3 Å². The van der Waals surface area contributed by atoms with Gasteiger partial charge in [-0.25, -0.2) is 4.39 Å². The van der Waals surface area contributed by atoms with Crippen LogP contribution in [0, 0.1) is 11.7 Å². The summed E-state index contributed by atoms with van der Waals surface area (Å²) in [6.45, 7) is 0.996. The van der Waals surface area contributed by atoms with E-state index in [1.165, 1.54) is 23.9 Å². The van der Waals surface area contributed by atoms with E-state index in [4.69, 9.17) is 10.5 Å². The molecule has 2 aromatic rings.